The van der Waals surface area contributed by atoms with E-state index in [0.29, 0.717) is 5.69 Å². The van der Waals surface area contributed by atoms with Crippen LogP contribution < -0.4 is 5.32 Å². The lowest BCUT2D eigenvalue weighted by Gasteiger charge is -2.32. The molecule has 1 fully saturated rings. The van der Waals surface area contributed by atoms with Crippen molar-refractivity contribution in [2.45, 2.75) is 24.0 Å². The molecule has 5 nitrogen and oxygen atoms in total. The van der Waals surface area contributed by atoms with Crippen LogP contribution in [0.25, 0.3) is 0 Å². The van der Waals surface area contributed by atoms with Crippen LogP contribution in [0, 0.1) is 5.92 Å². The second-order valence-corrected chi connectivity index (χ2v) is 6.68. The number of hydrogen-bond donors (Lipinski definition) is 1. The average Bonchev–Trinajstić information content (AvgIpc) is 2.46. The normalized spacial score (nSPS) is 18.7. The molecule has 1 N–H and O–H groups in total. The number of nitrogens with zero attached hydrogens (tertiary/aromatic N) is 2. The molecule has 1 aliphatic heterocycles. The lowest BCUT2D eigenvalue weighted by molar-refractivity contribution is -0.182. The van der Waals surface area contributed by atoms with Crippen LogP contribution in [0.15, 0.2) is 23.4 Å². The zero-order valence-electron chi connectivity index (χ0n) is 11.4. The van der Waals surface area contributed by atoms with Crippen LogP contribution in [-0.2, 0) is 10.0 Å². The van der Waals surface area contributed by atoms with Gasteiger partial charge in [0, 0.05) is 26.3 Å². The summed E-state index contributed by atoms with van der Waals surface area (Å²) in [6.45, 7) is -0.293. The highest BCUT2D eigenvalue weighted by Crippen LogP contribution is 2.35. The van der Waals surface area contributed by atoms with Crippen molar-refractivity contribution in [3.8, 4) is 0 Å². The molecule has 1 aliphatic rings. The first kappa shape index (κ1) is 16.0. The van der Waals surface area contributed by atoms with E-state index in [1.807, 2.05) is 0 Å². The summed E-state index contributed by atoms with van der Waals surface area (Å²) < 4.78 is 63.8. The molecule has 2 heterocycles. The van der Waals surface area contributed by atoms with Gasteiger partial charge in [0.05, 0.1) is 11.6 Å². The van der Waals surface area contributed by atoms with E-state index in [1.54, 1.807) is 19.2 Å². The third-order valence-electron chi connectivity index (χ3n) is 3.54. The van der Waals surface area contributed by atoms with Crippen molar-refractivity contribution in [2.75, 3.05) is 25.5 Å². The lowest BCUT2D eigenvalue weighted by Crippen LogP contribution is -2.42. The van der Waals surface area contributed by atoms with E-state index >= 15 is 0 Å². The van der Waals surface area contributed by atoms with Crippen LogP contribution in [0.1, 0.15) is 12.8 Å². The van der Waals surface area contributed by atoms with Gasteiger partial charge in [0.1, 0.15) is 0 Å². The molecule has 0 amide bonds. The fourth-order valence-corrected chi connectivity index (χ4v) is 3.91. The summed E-state index contributed by atoms with van der Waals surface area (Å²) in [6, 6.07) is 3.14. The number of alkyl halides is 3. The Hall–Kier alpha value is -1.35. The van der Waals surface area contributed by atoms with E-state index in [2.05, 4.69) is 10.3 Å². The minimum Gasteiger partial charge on any atom is -0.386 e. The molecule has 1 saturated heterocycles. The molecule has 1 aromatic heterocycles. The molecule has 2 rings (SSSR count). The maximum atomic E-state index is 12.6. The Balaban J connectivity index is 2.19. The molecule has 0 spiro atoms. The molecule has 1 aromatic rings. The SMILES string of the molecule is CNc1cccnc1S(=O)(=O)N1CCC(C(F)(F)F)CC1. The zero-order chi connectivity index (χ0) is 15.7. The third-order valence-corrected chi connectivity index (χ3v) is 5.40. The molecule has 0 unspecified atom stereocenters. The predicted molar refractivity (Wildman–Crippen MR) is 71.3 cm³/mol. The van der Waals surface area contributed by atoms with Crippen LogP contribution >= 0.6 is 0 Å². The van der Waals surface area contributed by atoms with Gasteiger partial charge in [0.25, 0.3) is 10.0 Å². The number of pyridine rings is 1. The summed E-state index contributed by atoms with van der Waals surface area (Å²) in [4.78, 5) is 3.85. The average molecular weight is 323 g/mol. The summed E-state index contributed by atoms with van der Waals surface area (Å²) in [5.74, 6) is -1.43. The number of sulfonamides is 1. The van der Waals surface area contributed by atoms with Crippen molar-refractivity contribution in [3.63, 3.8) is 0 Å². The van der Waals surface area contributed by atoms with Gasteiger partial charge in [0.15, 0.2) is 5.03 Å². The molecule has 118 valence electrons. The topological polar surface area (TPSA) is 62.3 Å². The highest BCUT2D eigenvalue weighted by molar-refractivity contribution is 7.89. The van der Waals surface area contributed by atoms with E-state index in [9.17, 15) is 21.6 Å². The van der Waals surface area contributed by atoms with Gasteiger partial charge in [-0.25, -0.2) is 13.4 Å². The molecule has 9 heteroatoms. The molecular formula is C12H16F3N3O2S. The lowest BCUT2D eigenvalue weighted by atomic mass is 9.98. The summed E-state index contributed by atoms with van der Waals surface area (Å²) >= 11 is 0. The molecule has 0 atom stereocenters. The Labute approximate surface area is 121 Å². The van der Waals surface area contributed by atoms with Crippen molar-refractivity contribution in [1.82, 2.24) is 9.29 Å². The summed E-state index contributed by atoms with van der Waals surface area (Å²) in [7, 11) is -2.32. The van der Waals surface area contributed by atoms with Crippen LogP contribution in [0.4, 0.5) is 18.9 Å². The number of anilines is 1. The quantitative estimate of drug-likeness (QED) is 0.925. The molecule has 0 aliphatic carbocycles. The number of nitrogens with one attached hydrogen (secondary N) is 1. The predicted octanol–water partition coefficient (Wildman–Crippen LogP) is 2.09. The third kappa shape index (κ3) is 3.29. The van der Waals surface area contributed by atoms with Crippen LogP contribution in [0.3, 0.4) is 0 Å². The number of piperidine rings is 1. The van der Waals surface area contributed by atoms with Gasteiger partial charge in [0.2, 0.25) is 0 Å². The van der Waals surface area contributed by atoms with Crippen molar-refractivity contribution < 1.29 is 21.6 Å². The fraction of sp³-hybridized carbons (Fsp3) is 0.583. The highest BCUT2D eigenvalue weighted by atomic mass is 32.2. The Morgan fingerprint density at radius 2 is 1.95 bits per heavy atom. The van der Waals surface area contributed by atoms with E-state index in [1.165, 1.54) is 6.20 Å². The van der Waals surface area contributed by atoms with Crippen molar-refractivity contribution in [2.24, 2.45) is 5.92 Å². The second kappa shape index (κ2) is 5.80. The minimum absolute atomic E-state index is 0.147. The monoisotopic (exact) mass is 323 g/mol. The van der Waals surface area contributed by atoms with Gasteiger partial charge >= 0.3 is 6.18 Å². The van der Waals surface area contributed by atoms with E-state index in [4.69, 9.17) is 0 Å². The smallest absolute Gasteiger partial charge is 0.386 e. The highest BCUT2D eigenvalue weighted by Gasteiger charge is 2.43. The summed E-state index contributed by atoms with van der Waals surface area (Å²) in [5, 5.41) is 2.57. The van der Waals surface area contributed by atoms with E-state index < -0.39 is 22.1 Å². The number of halogens is 3. The van der Waals surface area contributed by atoms with E-state index in [0.717, 1.165) is 4.31 Å². The molecule has 0 aromatic carbocycles. The van der Waals surface area contributed by atoms with Crippen molar-refractivity contribution >= 4 is 15.7 Å². The second-order valence-electron chi connectivity index (χ2n) is 4.83. The molecular weight excluding hydrogens is 307 g/mol. The largest absolute Gasteiger partial charge is 0.391 e. The Kier molecular flexibility index (Phi) is 4.43. The van der Waals surface area contributed by atoms with Gasteiger partial charge in [-0.1, -0.05) is 0 Å². The standard InChI is InChI=1S/C12H16F3N3O2S/c1-16-10-3-2-6-17-11(10)21(19,20)18-7-4-9(5-8-18)12(13,14)15/h2-3,6,9,16H,4-5,7-8H2,1H3. The van der Waals surface area contributed by atoms with Crippen LogP contribution in [-0.4, -0.2) is 44.0 Å². The number of aromatic nitrogens is 1. The minimum atomic E-state index is -4.27. The van der Waals surface area contributed by atoms with Crippen molar-refractivity contribution in [1.29, 1.82) is 0 Å². The summed E-state index contributed by atoms with van der Waals surface area (Å²) in [5.41, 5.74) is 0.329. The Morgan fingerprint density at radius 1 is 1.33 bits per heavy atom. The summed E-state index contributed by atoms with van der Waals surface area (Å²) in [6.07, 6.45) is -3.36. The number of rotatable bonds is 3. The maximum absolute atomic E-state index is 12.6. The fourth-order valence-electron chi connectivity index (χ4n) is 2.33. The van der Waals surface area contributed by atoms with Crippen LogP contribution in [0.2, 0.25) is 0 Å². The first-order valence-electron chi connectivity index (χ1n) is 6.46. The van der Waals surface area contributed by atoms with Crippen molar-refractivity contribution in [3.05, 3.63) is 18.3 Å². The maximum Gasteiger partial charge on any atom is 0.391 e. The van der Waals surface area contributed by atoms with Gasteiger partial charge in [-0.2, -0.15) is 17.5 Å². The number of hydrogen-bond acceptors (Lipinski definition) is 4. The molecule has 0 bridgehead atoms. The Bertz CT molecular complexity index is 596. The van der Waals surface area contributed by atoms with Crippen LogP contribution in [0.5, 0.6) is 0 Å². The molecule has 0 saturated carbocycles. The van der Waals surface area contributed by atoms with Gasteiger partial charge in [-0.3, -0.25) is 0 Å². The Morgan fingerprint density at radius 3 is 2.48 bits per heavy atom. The van der Waals surface area contributed by atoms with Gasteiger partial charge in [-0.15, -0.1) is 0 Å². The van der Waals surface area contributed by atoms with E-state index in [-0.39, 0.29) is 31.0 Å². The first-order chi connectivity index (χ1) is 9.76. The first-order valence-corrected chi connectivity index (χ1v) is 7.90. The van der Waals surface area contributed by atoms with Gasteiger partial charge in [-0.05, 0) is 25.0 Å². The molecule has 0 radical (unpaired) electrons. The molecule has 21 heavy (non-hydrogen) atoms. The zero-order valence-corrected chi connectivity index (χ0v) is 12.2. The van der Waals surface area contributed by atoms with Gasteiger partial charge < -0.3 is 5.32 Å².